The molecule has 0 saturated carbocycles. The monoisotopic (exact) mass is 220 g/mol. The van der Waals surface area contributed by atoms with Gasteiger partial charge in [-0.05, 0) is 29.9 Å². The van der Waals surface area contributed by atoms with Crippen molar-refractivity contribution in [2.24, 2.45) is 0 Å². The van der Waals surface area contributed by atoms with Crippen molar-refractivity contribution in [1.82, 2.24) is 0 Å². The van der Waals surface area contributed by atoms with Crippen molar-refractivity contribution in [1.29, 1.82) is 0 Å². The van der Waals surface area contributed by atoms with Crippen LogP contribution in [-0.2, 0) is 4.74 Å². The summed E-state index contributed by atoms with van der Waals surface area (Å²) in [5.41, 5.74) is 2.34. The quantitative estimate of drug-likeness (QED) is 0.774. The summed E-state index contributed by atoms with van der Waals surface area (Å²) in [5.74, 6) is 0.547. The van der Waals surface area contributed by atoms with Gasteiger partial charge in [0, 0.05) is 0 Å². The first-order chi connectivity index (χ1) is 7.66. The molecule has 1 saturated heterocycles. The largest absolute Gasteiger partial charge is 0.388 e. The average molecular weight is 220 g/mol. The normalized spacial score (nSPS) is 21.1. The van der Waals surface area contributed by atoms with Gasteiger partial charge in [0.1, 0.15) is 0 Å². The molecule has 0 spiro atoms. The molecule has 0 aliphatic carbocycles. The number of epoxide rings is 1. The Labute approximate surface area is 97.3 Å². The van der Waals surface area contributed by atoms with E-state index in [9.17, 15) is 5.11 Å². The maximum Gasteiger partial charge on any atom is 0.0811 e. The molecule has 1 N–H and O–H groups in total. The average Bonchev–Trinajstić information content (AvgIpc) is 3.10. The molecule has 1 aromatic rings. The lowest BCUT2D eigenvalue weighted by atomic mass is 9.98. The maximum absolute atomic E-state index is 9.97. The smallest absolute Gasteiger partial charge is 0.0811 e. The Morgan fingerprint density at radius 3 is 2.31 bits per heavy atom. The lowest BCUT2D eigenvalue weighted by Crippen LogP contribution is -2.00. The van der Waals surface area contributed by atoms with Gasteiger partial charge in [-0.25, -0.2) is 0 Å². The van der Waals surface area contributed by atoms with Gasteiger partial charge in [-0.1, -0.05) is 38.1 Å². The van der Waals surface area contributed by atoms with Crippen molar-refractivity contribution in [3.8, 4) is 0 Å². The van der Waals surface area contributed by atoms with E-state index in [1.165, 1.54) is 5.56 Å². The predicted molar refractivity (Wildman–Crippen MR) is 64.5 cm³/mol. The standard InChI is InChI=1S/C14H20O2/c1-10(2)11-3-5-12(6-4-11)14(15)8-7-13-9-16-13/h3-6,10,13-15H,7-9H2,1-2H3. The van der Waals surface area contributed by atoms with E-state index in [1.807, 2.05) is 12.1 Å². The van der Waals surface area contributed by atoms with Gasteiger partial charge in [-0.3, -0.25) is 0 Å². The van der Waals surface area contributed by atoms with Gasteiger partial charge in [0.05, 0.1) is 18.8 Å². The maximum atomic E-state index is 9.97. The van der Waals surface area contributed by atoms with E-state index in [1.54, 1.807) is 0 Å². The minimum absolute atomic E-state index is 0.342. The minimum atomic E-state index is -0.342. The molecule has 16 heavy (non-hydrogen) atoms. The van der Waals surface area contributed by atoms with Gasteiger partial charge in [-0.2, -0.15) is 0 Å². The van der Waals surface area contributed by atoms with Crippen LogP contribution in [0, 0.1) is 0 Å². The number of benzene rings is 1. The summed E-state index contributed by atoms with van der Waals surface area (Å²) in [7, 11) is 0. The van der Waals surface area contributed by atoms with Crippen molar-refractivity contribution in [2.45, 2.75) is 44.8 Å². The molecule has 0 amide bonds. The molecule has 0 radical (unpaired) electrons. The summed E-state index contributed by atoms with van der Waals surface area (Å²) in [6, 6.07) is 8.29. The fraction of sp³-hybridized carbons (Fsp3) is 0.571. The second-order valence-corrected chi connectivity index (χ2v) is 4.87. The van der Waals surface area contributed by atoms with E-state index in [-0.39, 0.29) is 6.10 Å². The van der Waals surface area contributed by atoms with E-state index in [0.717, 1.165) is 25.0 Å². The Morgan fingerprint density at radius 2 is 1.81 bits per heavy atom. The SMILES string of the molecule is CC(C)c1ccc(C(O)CCC2CO2)cc1. The molecule has 2 rings (SSSR count). The summed E-state index contributed by atoms with van der Waals surface area (Å²) in [4.78, 5) is 0. The summed E-state index contributed by atoms with van der Waals surface area (Å²) < 4.78 is 5.13. The van der Waals surface area contributed by atoms with Crippen LogP contribution in [-0.4, -0.2) is 17.8 Å². The highest BCUT2D eigenvalue weighted by Crippen LogP contribution is 2.25. The number of hydrogen-bond donors (Lipinski definition) is 1. The molecule has 2 nitrogen and oxygen atoms in total. The number of hydrogen-bond acceptors (Lipinski definition) is 2. The lowest BCUT2D eigenvalue weighted by molar-refractivity contribution is 0.160. The zero-order valence-electron chi connectivity index (χ0n) is 10.0. The highest BCUT2D eigenvalue weighted by atomic mass is 16.6. The zero-order chi connectivity index (χ0) is 11.5. The number of rotatable bonds is 5. The summed E-state index contributed by atoms with van der Waals surface area (Å²) in [6.07, 6.45) is 1.83. The lowest BCUT2D eigenvalue weighted by Gasteiger charge is -2.12. The highest BCUT2D eigenvalue weighted by molar-refractivity contribution is 5.26. The van der Waals surface area contributed by atoms with Gasteiger partial charge in [0.15, 0.2) is 0 Å². The van der Waals surface area contributed by atoms with E-state index >= 15 is 0 Å². The van der Waals surface area contributed by atoms with E-state index in [2.05, 4.69) is 26.0 Å². The number of aliphatic hydroxyl groups excluding tert-OH is 1. The Balaban J connectivity index is 1.91. The molecule has 88 valence electrons. The molecule has 2 heteroatoms. The summed E-state index contributed by atoms with van der Waals surface area (Å²) in [5, 5.41) is 9.97. The van der Waals surface area contributed by atoms with Crippen LogP contribution in [0.25, 0.3) is 0 Å². The Hall–Kier alpha value is -0.860. The molecular formula is C14H20O2. The molecule has 1 aromatic carbocycles. The fourth-order valence-electron chi connectivity index (χ4n) is 1.85. The van der Waals surface area contributed by atoms with Crippen LogP contribution in [0.2, 0.25) is 0 Å². The van der Waals surface area contributed by atoms with E-state index < -0.39 is 0 Å². The molecule has 2 unspecified atom stereocenters. The number of ether oxygens (including phenoxy) is 1. The molecule has 2 atom stereocenters. The van der Waals surface area contributed by atoms with Crippen LogP contribution in [0.5, 0.6) is 0 Å². The first kappa shape index (κ1) is 11.6. The van der Waals surface area contributed by atoms with Gasteiger partial charge in [-0.15, -0.1) is 0 Å². The Kier molecular flexibility index (Phi) is 3.62. The van der Waals surface area contributed by atoms with Crippen LogP contribution in [0.15, 0.2) is 24.3 Å². The first-order valence-electron chi connectivity index (χ1n) is 6.06. The van der Waals surface area contributed by atoms with Gasteiger partial charge in [0.25, 0.3) is 0 Å². The molecule has 0 bridgehead atoms. The Morgan fingerprint density at radius 1 is 1.25 bits per heavy atom. The molecule has 1 heterocycles. The molecular weight excluding hydrogens is 200 g/mol. The molecule has 0 aromatic heterocycles. The molecule has 1 aliphatic heterocycles. The van der Waals surface area contributed by atoms with Crippen LogP contribution in [0.4, 0.5) is 0 Å². The third-order valence-corrected chi connectivity index (χ3v) is 3.15. The molecule has 1 fully saturated rings. The minimum Gasteiger partial charge on any atom is -0.388 e. The second kappa shape index (κ2) is 4.98. The van der Waals surface area contributed by atoms with Crippen molar-refractivity contribution in [3.05, 3.63) is 35.4 Å². The zero-order valence-corrected chi connectivity index (χ0v) is 10.0. The van der Waals surface area contributed by atoms with Crippen LogP contribution >= 0.6 is 0 Å². The van der Waals surface area contributed by atoms with Crippen molar-refractivity contribution >= 4 is 0 Å². The van der Waals surface area contributed by atoms with Crippen molar-refractivity contribution in [3.63, 3.8) is 0 Å². The predicted octanol–water partition coefficient (Wildman–Crippen LogP) is 3.02. The fourth-order valence-corrected chi connectivity index (χ4v) is 1.85. The van der Waals surface area contributed by atoms with E-state index in [0.29, 0.717) is 12.0 Å². The third kappa shape index (κ3) is 3.06. The topological polar surface area (TPSA) is 32.8 Å². The second-order valence-electron chi connectivity index (χ2n) is 4.87. The van der Waals surface area contributed by atoms with E-state index in [4.69, 9.17) is 4.74 Å². The van der Waals surface area contributed by atoms with Crippen LogP contribution in [0.3, 0.4) is 0 Å². The van der Waals surface area contributed by atoms with Crippen molar-refractivity contribution in [2.75, 3.05) is 6.61 Å². The molecule has 1 aliphatic rings. The number of aliphatic hydroxyl groups is 1. The van der Waals surface area contributed by atoms with Gasteiger partial charge < -0.3 is 9.84 Å². The first-order valence-corrected chi connectivity index (χ1v) is 6.06. The van der Waals surface area contributed by atoms with Crippen LogP contribution < -0.4 is 0 Å². The summed E-state index contributed by atoms with van der Waals surface area (Å²) in [6.45, 7) is 5.23. The van der Waals surface area contributed by atoms with Gasteiger partial charge in [0.2, 0.25) is 0 Å². The van der Waals surface area contributed by atoms with Crippen molar-refractivity contribution < 1.29 is 9.84 Å². The summed E-state index contributed by atoms with van der Waals surface area (Å²) >= 11 is 0. The Bertz CT molecular complexity index is 325. The highest BCUT2D eigenvalue weighted by Gasteiger charge is 2.23. The van der Waals surface area contributed by atoms with Crippen LogP contribution in [0.1, 0.15) is 49.8 Å². The van der Waals surface area contributed by atoms with Gasteiger partial charge >= 0.3 is 0 Å². The third-order valence-electron chi connectivity index (χ3n) is 3.15.